The zero-order valence-corrected chi connectivity index (χ0v) is 22.7. The lowest BCUT2D eigenvalue weighted by Crippen LogP contribution is -2.50. The van der Waals surface area contributed by atoms with E-state index in [9.17, 15) is 4.79 Å². The molecule has 1 heterocycles. The number of benzene rings is 2. The zero-order valence-electron chi connectivity index (χ0n) is 21.8. The molecule has 5 heteroatoms. The number of thioether (sulfide) groups is 1. The van der Waals surface area contributed by atoms with Crippen LogP contribution in [0.25, 0.3) is 0 Å². The molecule has 0 radical (unpaired) electrons. The summed E-state index contributed by atoms with van der Waals surface area (Å²) in [5, 5.41) is 0. The van der Waals surface area contributed by atoms with E-state index < -0.39 is 0 Å². The Morgan fingerprint density at radius 2 is 1.75 bits per heavy atom. The number of nitrogens with zero attached hydrogens (tertiary/aromatic N) is 2. The van der Waals surface area contributed by atoms with Gasteiger partial charge in [0.2, 0.25) is 0 Å². The number of carbonyl (C=O) groups excluding carboxylic acids is 1. The average molecular weight is 501 g/mol. The minimum Gasteiger partial charge on any atom is -0.496 e. The van der Waals surface area contributed by atoms with E-state index in [1.165, 1.54) is 35.3 Å². The molecule has 6 rings (SSSR count). The van der Waals surface area contributed by atoms with E-state index in [0.29, 0.717) is 0 Å². The van der Waals surface area contributed by atoms with Gasteiger partial charge in [0, 0.05) is 35.1 Å². The fourth-order valence-corrected chi connectivity index (χ4v) is 6.85. The van der Waals surface area contributed by atoms with Crippen LogP contribution in [0.1, 0.15) is 65.6 Å². The summed E-state index contributed by atoms with van der Waals surface area (Å²) in [6, 6.07) is 17.0. The first kappa shape index (κ1) is 24.9. The van der Waals surface area contributed by atoms with E-state index >= 15 is 0 Å². The molecular formula is C31H36N2O2S. The number of ether oxygens (including phenoxy) is 1. The molecular weight excluding hydrogens is 464 g/mol. The van der Waals surface area contributed by atoms with Crippen LogP contribution in [0.15, 0.2) is 65.8 Å². The first-order chi connectivity index (χ1) is 17.4. The Balaban J connectivity index is 1.43. The second-order valence-electron chi connectivity index (χ2n) is 10.7. The number of fused-ring (bicyclic) bond motifs is 3. The van der Waals surface area contributed by atoms with Crippen LogP contribution in [0.3, 0.4) is 0 Å². The molecule has 3 aliphatic carbocycles. The van der Waals surface area contributed by atoms with Crippen molar-refractivity contribution in [2.24, 2.45) is 5.41 Å². The smallest absolute Gasteiger partial charge is 0.258 e. The first-order valence-corrected chi connectivity index (χ1v) is 14.1. The van der Waals surface area contributed by atoms with Crippen LogP contribution in [0.4, 0.5) is 5.69 Å². The number of rotatable bonds is 7. The van der Waals surface area contributed by atoms with Crippen LogP contribution >= 0.6 is 11.8 Å². The van der Waals surface area contributed by atoms with Gasteiger partial charge in [0.1, 0.15) is 5.75 Å². The summed E-state index contributed by atoms with van der Waals surface area (Å²) < 4.78 is 5.51. The predicted molar refractivity (Wildman–Crippen MR) is 148 cm³/mol. The molecule has 0 saturated heterocycles. The van der Waals surface area contributed by atoms with Gasteiger partial charge in [0.05, 0.1) is 7.11 Å². The van der Waals surface area contributed by atoms with E-state index in [1.54, 1.807) is 31.3 Å². The van der Waals surface area contributed by atoms with Crippen LogP contribution in [0, 0.1) is 19.3 Å². The van der Waals surface area contributed by atoms with Crippen molar-refractivity contribution in [2.75, 3.05) is 24.8 Å². The molecule has 4 nitrogen and oxygen atoms in total. The van der Waals surface area contributed by atoms with Gasteiger partial charge in [-0.15, -0.1) is 11.8 Å². The van der Waals surface area contributed by atoms with Gasteiger partial charge < -0.3 is 9.64 Å². The number of aromatic nitrogens is 1. The van der Waals surface area contributed by atoms with E-state index in [1.807, 2.05) is 13.0 Å². The number of amides is 1. The fourth-order valence-electron chi connectivity index (χ4n) is 6.39. The Hall–Kier alpha value is -2.79. The van der Waals surface area contributed by atoms with E-state index in [-0.39, 0.29) is 16.7 Å². The maximum absolute atomic E-state index is 14.0. The number of hydrogen-bond donors (Lipinski definition) is 0. The summed E-state index contributed by atoms with van der Waals surface area (Å²) in [5.41, 5.74) is 5.75. The molecule has 3 aliphatic rings. The molecule has 3 fully saturated rings. The molecule has 2 bridgehead atoms. The van der Waals surface area contributed by atoms with Crippen molar-refractivity contribution in [1.82, 2.24) is 4.98 Å². The minimum atomic E-state index is 0.0794. The summed E-state index contributed by atoms with van der Waals surface area (Å²) in [4.78, 5) is 21.4. The van der Waals surface area contributed by atoms with Gasteiger partial charge in [0.15, 0.2) is 0 Å². The molecule has 1 amide bonds. The Bertz CT molecular complexity index is 1250. The summed E-state index contributed by atoms with van der Waals surface area (Å²) >= 11 is 1.71. The molecule has 0 unspecified atom stereocenters. The van der Waals surface area contributed by atoms with Crippen LogP contribution in [0.5, 0.6) is 5.75 Å². The van der Waals surface area contributed by atoms with Crippen molar-refractivity contribution >= 4 is 23.4 Å². The van der Waals surface area contributed by atoms with Crippen molar-refractivity contribution in [3.05, 3.63) is 83.2 Å². The average Bonchev–Trinajstić information content (AvgIpc) is 2.92. The first-order valence-electron chi connectivity index (χ1n) is 12.9. The van der Waals surface area contributed by atoms with Crippen LogP contribution in [-0.4, -0.2) is 30.8 Å². The van der Waals surface area contributed by atoms with E-state index in [4.69, 9.17) is 4.74 Å². The number of hydrogen-bond acceptors (Lipinski definition) is 4. The lowest BCUT2D eigenvalue weighted by atomic mass is 9.51. The number of aryl methyl sites for hydroxylation is 2. The van der Waals surface area contributed by atoms with Crippen LogP contribution < -0.4 is 9.64 Å². The molecule has 0 N–H and O–H groups in total. The molecule has 3 saturated carbocycles. The van der Waals surface area contributed by atoms with Crippen molar-refractivity contribution in [2.45, 2.75) is 62.7 Å². The number of anilines is 1. The van der Waals surface area contributed by atoms with Gasteiger partial charge in [0.25, 0.3) is 5.91 Å². The van der Waals surface area contributed by atoms with Gasteiger partial charge >= 0.3 is 0 Å². The third-order valence-corrected chi connectivity index (χ3v) is 9.49. The minimum absolute atomic E-state index is 0.0794. The lowest BCUT2D eigenvalue weighted by Gasteiger charge is -2.55. The quantitative estimate of drug-likeness (QED) is 0.318. The molecule has 1 aromatic heterocycles. The van der Waals surface area contributed by atoms with Gasteiger partial charge in [-0.3, -0.25) is 9.78 Å². The summed E-state index contributed by atoms with van der Waals surface area (Å²) in [7, 11) is 1.74. The SMILES string of the molecule is COc1ccc(C23CCC(CN(C(=O)c4ccncc4C)c4cccc(SC)c4)(CC2)CC3)cc1C. The highest BCUT2D eigenvalue weighted by atomic mass is 32.2. The second kappa shape index (κ2) is 9.93. The third kappa shape index (κ3) is 4.54. The molecule has 0 aliphatic heterocycles. The molecule has 2 aromatic carbocycles. The Kier molecular flexibility index (Phi) is 6.86. The highest BCUT2D eigenvalue weighted by molar-refractivity contribution is 7.98. The number of pyridine rings is 1. The molecule has 188 valence electrons. The monoisotopic (exact) mass is 500 g/mol. The fraction of sp³-hybridized carbons (Fsp3) is 0.419. The molecule has 0 atom stereocenters. The van der Waals surface area contributed by atoms with Crippen LogP contribution in [0.2, 0.25) is 0 Å². The van der Waals surface area contributed by atoms with Crippen molar-refractivity contribution in [1.29, 1.82) is 0 Å². The summed E-state index contributed by atoms with van der Waals surface area (Å²) in [6.45, 7) is 4.88. The molecule has 0 spiro atoms. The predicted octanol–water partition coefficient (Wildman–Crippen LogP) is 7.37. The maximum atomic E-state index is 14.0. The Morgan fingerprint density at radius 1 is 1.00 bits per heavy atom. The van der Waals surface area contributed by atoms with Gasteiger partial charge in [-0.1, -0.05) is 18.2 Å². The normalized spacial score (nSPS) is 22.9. The van der Waals surface area contributed by atoms with E-state index in [0.717, 1.165) is 48.4 Å². The van der Waals surface area contributed by atoms with Gasteiger partial charge in [-0.2, -0.15) is 0 Å². The number of methoxy groups -OCH3 is 1. The largest absolute Gasteiger partial charge is 0.496 e. The van der Waals surface area contributed by atoms with Crippen molar-refractivity contribution in [3.63, 3.8) is 0 Å². The van der Waals surface area contributed by atoms with Gasteiger partial charge in [-0.05, 0) is 116 Å². The van der Waals surface area contributed by atoms with Crippen LogP contribution in [-0.2, 0) is 5.41 Å². The molecule has 3 aromatic rings. The maximum Gasteiger partial charge on any atom is 0.258 e. The zero-order chi connectivity index (χ0) is 25.3. The standard InChI is InChI=1S/C31H36N2O2S/c1-22-18-24(8-9-28(22)35-3)31-14-11-30(12-15-31,13-16-31)21-33(25-6-5-7-26(19-25)36-4)29(34)27-10-17-32-20-23(27)2/h5-10,17-20H,11-16,21H2,1-4H3. The molecule has 36 heavy (non-hydrogen) atoms. The van der Waals surface area contributed by atoms with Crippen molar-refractivity contribution in [3.8, 4) is 5.75 Å². The summed E-state index contributed by atoms with van der Waals surface area (Å²) in [5.74, 6) is 1.04. The number of carbonyl (C=O) groups is 1. The van der Waals surface area contributed by atoms with E-state index in [2.05, 4.69) is 65.5 Å². The highest BCUT2D eigenvalue weighted by Crippen LogP contribution is 2.58. The van der Waals surface area contributed by atoms with Crippen molar-refractivity contribution < 1.29 is 9.53 Å². The lowest BCUT2D eigenvalue weighted by molar-refractivity contribution is 0.0441. The Morgan fingerprint density at radius 3 is 2.39 bits per heavy atom. The topological polar surface area (TPSA) is 42.4 Å². The van der Waals surface area contributed by atoms with Gasteiger partial charge in [-0.25, -0.2) is 0 Å². The second-order valence-corrected chi connectivity index (χ2v) is 11.6. The Labute approximate surface area is 219 Å². The third-order valence-electron chi connectivity index (χ3n) is 8.76. The summed E-state index contributed by atoms with van der Waals surface area (Å²) in [6.07, 6.45) is 12.6. The highest BCUT2D eigenvalue weighted by Gasteiger charge is 2.50.